The van der Waals surface area contributed by atoms with Crippen LogP contribution in [0.5, 0.6) is 5.75 Å². The summed E-state index contributed by atoms with van der Waals surface area (Å²) >= 11 is 6.13. The molecular formula is C21H18ClN3O4S. The number of hydrogen-bond donors (Lipinski definition) is 3. The number of phenols is 1. The van der Waals surface area contributed by atoms with Crippen LogP contribution in [0.25, 0.3) is 22.2 Å². The maximum Gasteiger partial charge on any atom is 0.293 e. The number of aromatic nitrogens is 1. The molecule has 0 saturated carbocycles. The van der Waals surface area contributed by atoms with Gasteiger partial charge in [-0.15, -0.1) is 0 Å². The van der Waals surface area contributed by atoms with E-state index < -0.39 is 10.0 Å². The molecule has 4 aromatic rings. The van der Waals surface area contributed by atoms with Gasteiger partial charge in [-0.3, -0.25) is 4.72 Å². The first-order chi connectivity index (χ1) is 14.2. The second kappa shape index (κ2) is 7.55. The van der Waals surface area contributed by atoms with Gasteiger partial charge in [0, 0.05) is 22.7 Å². The van der Waals surface area contributed by atoms with E-state index >= 15 is 0 Å². The lowest BCUT2D eigenvalue weighted by molar-refractivity contribution is 0.472. The molecule has 0 bridgehead atoms. The molecule has 0 spiro atoms. The van der Waals surface area contributed by atoms with Crippen molar-refractivity contribution in [1.29, 1.82) is 0 Å². The molecule has 0 saturated heterocycles. The zero-order valence-corrected chi connectivity index (χ0v) is 17.5. The van der Waals surface area contributed by atoms with E-state index in [9.17, 15) is 13.5 Å². The zero-order valence-electron chi connectivity index (χ0n) is 15.9. The highest BCUT2D eigenvalue weighted by Gasteiger charge is 2.19. The van der Waals surface area contributed by atoms with Crippen LogP contribution in [0.2, 0.25) is 5.02 Å². The van der Waals surface area contributed by atoms with Crippen molar-refractivity contribution < 1.29 is 17.9 Å². The fraction of sp³-hybridized carbons (Fsp3) is 0.0952. The van der Waals surface area contributed by atoms with Gasteiger partial charge in [-0.25, -0.2) is 8.42 Å². The first kappa shape index (κ1) is 20.1. The number of halogens is 1. The fourth-order valence-electron chi connectivity index (χ4n) is 3.30. The molecule has 0 aliphatic carbocycles. The molecule has 4 N–H and O–H groups in total. The van der Waals surface area contributed by atoms with Crippen LogP contribution in [0.15, 0.2) is 59.0 Å². The van der Waals surface area contributed by atoms with Crippen LogP contribution in [0, 0.1) is 0 Å². The Bertz CT molecular complexity index is 1350. The summed E-state index contributed by atoms with van der Waals surface area (Å²) in [5.41, 5.74) is 9.76. The third kappa shape index (κ3) is 4.19. The molecule has 0 aliphatic rings. The highest BCUT2D eigenvalue weighted by Crippen LogP contribution is 2.41. The first-order valence-electron chi connectivity index (χ1n) is 8.93. The van der Waals surface area contributed by atoms with Crippen molar-refractivity contribution in [3.05, 3.63) is 70.7 Å². The lowest BCUT2D eigenvalue weighted by Gasteiger charge is -2.12. The van der Waals surface area contributed by atoms with Gasteiger partial charge >= 0.3 is 0 Å². The molecule has 0 fully saturated rings. The number of benzene rings is 3. The molecule has 1 aromatic heterocycles. The van der Waals surface area contributed by atoms with Gasteiger partial charge in [-0.2, -0.15) is 4.98 Å². The first-order valence-corrected chi connectivity index (χ1v) is 11.2. The third-order valence-corrected chi connectivity index (χ3v) is 5.36. The Labute approximate surface area is 178 Å². The van der Waals surface area contributed by atoms with E-state index in [0.717, 1.165) is 11.8 Å². The van der Waals surface area contributed by atoms with E-state index in [2.05, 4.69) is 9.71 Å². The summed E-state index contributed by atoms with van der Waals surface area (Å²) < 4.78 is 30.7. The number of nitrogens with one attached hydrogen (secondary N) is 1. The Morgan fingerprint density at radius 1 is 1.17 bits per heavy atom. The number of aromatic hydroxyl groups is 1. The van der Waals surface area contributed by atoms with Crippen LogP contribution < -0.4 is 10.5 Å². The highest BCUT2D eigenvalue weighted by atomic mass is 35.5. The molecule has 0 atom stereocenters. The van der Waals surface area contributed by atoms with Crippen LogP contribution in [-0.4, -0.2) is 24.8 Å². The average molecular weight is 444 g/mol. The summed E-state index contributed by atoms with van der Waals surface area (Å²) in [6.45, 7) is 0. The number of nitrogen functional groups attached to an aromatic ring is 1. The quantitative estimate of drug-likeness (QED) is 0.420. The Hall–Kier alpha value is -3.23. The smallest absolute Gasteiger partial charge is 0.293 e. The molecule has 0 amide bonds. The second-order valence-corrected chi connectivity index (χ2v) is 9.10. The van der Waals surface area contributed by atoms with Crippen molar-refractivity contribution >= 4 is 44.4 Å². The Kier molecular flexibility index (Phi) is 5.05. The maximum atomic E-state index is 11.4. The zero-order chi connectivity index (χ0) is 21.5. The number of rotatable bonds is 5. The monoisotopic (exact) mass is 443 g/mol. The van der Waals surface area contributed by atoms with Gasteiger partial charge in [0.05, 0.1) is 11.8 Å². The molecule has 0 unspecified atom stereocenters. The predicted octanol–water partition coefficient (Wildman–Crippen LogP) is 4.40. The molecule has 0 aliphatic heterocycles. The molecule has 3 aromatic carbocycles. The minimum absolute atomic E-state index is 0.000954. The topological polar surface area (TPSA) is 118 Å². The number of anilines is 2. The average Bonchev–Trinajstić information content (AvgIpc) is 3.02. The van der Waals surface area contributed by atoms with Crippen LogP contribution in [0.4, 0.5) is 11.7 Å². The minimum Gasteiger partial charge on any atom is -0.507 e. The van der Waals surface area contributed by atoms with E-state index in [1.54, 1.807) is 48.5 Å². The number of sulfonamides is 1. The van der Waals surface area contributed by atoms with Crippen molar-refractivity contribution in [3.8, 4) is 16.9 Å². The molecule has 30 heavy (non-hydrogen) atoms. The van der Waals surface area contributed by atoms with E-state index in [4.69, 9.17) is 21.8 Å². The Balaban J connectivity index is 1.77. The normalized spacial score (nSPS) is 11.7. The van der Waals surface area contributed by atoms with Gasteiger partial charge in [0.2, 0.25) is 10.0 Å². The van der Waals surface area contributed by atoms with Gasteiger partial charge < -0.3 is 15.3 Å². The van der Waals surface area contributed by atoms with Gasteiger partial charge in [-0.1, -0.05) is 35.9 Å². The van der Waals surface area contributed by atoms with Crippen molar-refractivity contribution in [1.82, 2.24) is 4.98 Å². The molecular weight excluding hydrogens is 426 g/mol. The largest absolute Gasteiger partial charge is 0.507 e. The number of hydrogen-bond acceptors (Lipinski definition) is 6. The summed E-state index contributed by atoms with van der Waals surface area (Å²) in [6.07, 6.45) is 1.48. The van der Waals surface area contributed by atoms with Crippen LogP contribution in [-0.2, 0) is 16.4 Å². The molecule has 7 nitrogen and oxygen atoms in total. The summed E-state index contributed by atoms with van der Waals surface area (Å²) in [7, 11) is -3.35. The standard InChI is InChI=1S/C21H18ClN3O4S/c1-30(27,28)25-16-7-5-12(6-8-16)9-14-11-17-19(24-21(23)29-17)18(20(14)26)13-3-2-4-15(22)10-13/h2-8,10-11,25-26H,9H2,1H3,(H2,23,24). The molecule has 4 rings (SSSR count). The summed E-state index contributed by atoms with van der Waals surface area (Å²) in [5.74, 6) is 0.0522. The van der Waals surface area contributed by atoms with Crippen molar-refractivity contribution in [3.63, 3.8) is 0 Å². The van der Waals surface area contributed by atoms with Crippen molar-refractivity contribution in [2.75, 3.05) is 16.7 Å². The fourth-order valence-corrected chi connectivity index (χ4v) is 4.06. The number of oxazole rings is 1. The highest BCUT2D eigenvalue weighted by molar-refractivity contribution is 7.92. The minimum atomic E-state index is -3.35. The summed E-state index contributed by atoms with van der Waals surface area (Å²) in [5, 5.41) is 11.6. The maximum absolute atomic E-state index is 11.4. The van der Waals surface area contributed by atoms with Gasteiger partial charge in [0.15, 0.2) is 5.58 Å². The Morgan fingerprint density at radius 2 is 1.90 bits per heavy atom. The molecule has 0 radical (unpaired) electrons. The van der Waals surface area contributed by atoms with Crippen LogP contribution >= 0.6 is 11.6 Å². The number of phenolic OH excluding ortho intramolecular Hbond substituents is 1. The summed E-state index contributed by atoms with van der Waals surface area (Å²) in [6, 6.07) is 15.7. The molecule has 154 valence electrons. The number of nitrogens with zero attached hydrogens (tertiary/aromatic N) is 1. The second-order valence-electron chi connectivity index (χ2n) is 6.92. The van der Waals surface area contributed by atoms with Crippen LogP contribution in [0.3, 0.4) is 0 Å². The van der Waals surface area contributed by atoms with Crippen LogP contribution in [0.1, 0.15) is 11.1 Å². The summed E-state index contributed by atoms with van der Waals surface area (Å²) in [4.78, 5) is 4.22. The number of fused-ring (bicyclic) bond motifs is 1. The van der Waals surface area contributed by atoms with Gasteiger partial charge in [0.25, 0.3) is 6.01 Å². The van der Waals surface area contributed by atoms with Gasteiger partial charge in [-0.05, 0) is 41.5 Å². The third-order valence-electron chi connectivity index (χ3n) is 4.52. The van der Waals surface area contributed by atoms with Gasteiger partial charge in [0.1, 0.15) is 11.3 Å². The van der Waals surface area contributed by atoms with E-state index in [0.29, 0.717) is 44.9 Å². The Morgan fingerprint density at radius 3 is 2.57 bits per heavy atom. The molecule has 9 heteroatoms. The van der Waals surface area contributed by atoms with E-state index in [1.807, 2.05) is 6.07 Å². The lowest BCUT2D eigenvalue weighted by atomic mass is 9.96. The van der Waals surface area contributed by atoms with Crippen molar-refractivity contribution in [2.45, 2.75) is 6.42 Å². The molecule has 1 heterocycles. The van der Waals surface area contributed by atoms with E-state index in [1.165, 1.54) is 0 Å². The van der Waals surface area contributed by atoms with Crippen molar-refractivity contribution in [2.24, 2.45) is 0 Å². The predicted molar refractivity (Wildman–Crippen MR) is 118 cm³/mol. The van der Waals surface area contributed by atoms with E-state index in [-0.39, 0.29) is 11.8 Å². The lowest BCUT2D eigenvalue weighted by Crippen LogP contribution is -2.09. The SMILES string of the molecule is CS(=O)(=O)Nc1ccc(Cc2cc3oc(N)nc3c(-c3cccc(Cl)c3)c2O)cc1. The number of nitrogens with two attached hydrogens (primary N) is 1.